The molecule has 0 aliphatic carbocycles. The van der Waals surface area contributed by atoms with E-state index in [9.17, 15) is 8.42 Å². The summed E-state index contributed by atoms with van der Waals surface area (Å²) in [5, 5.41) is 0.573. The van der Waals surface area contributed by atoms with Crippen molar-refractivity contribution in [1.82, 2.24) is 0 Å². The average molecular weight is 358 g/mol. The van der Waals surface area contributed by atoms with Crippen molar-refractivity contribution in [2.75, 3.05) is 10.6 Å². The monoisotopic (exact) mass is 357 g/mol. The second-order valence-corrected chi connectivity index (χ2v) is 7.50. The van der Waals surface area contributed by atoms with E-state index in [1.54, 1.807) is 37.3 Å². The van der Waals surface area contributed by atoms with E-state index in [1.807, 2.05) is 12.1 Å². The van der Waals surface area contributed by atoms with Crippen LogP contribution in [0.25, 0.3) is 0 Å². The molecule has 0 amide bonds. The van der Waals surface area contributed by atoms with Crippen LogP contribution in [-0.2, 0) is 16.4 Å². The van der Waals surface area contributed by atoms with Gasteiger partial charge in [0.1, 0.15) is 0 Å². The lowest BCUT2D eigenvalue weighted by Gasteiger charge is -2.11. The molecule has 0 unspecified atom stereocenters. The van der Waals surface area contributed by atoms with Crippen LogP contribution in [0.3, 0.4) is 0 Å². The van der Waals surface area contributed by atoms with Gasteiger partial charge in [-0.05, 0) is 61.2 Å². The number of alkyl halides is 1. The zero-order valence-corrected chi connectivity index (χ0v) is 14.5. The maximum atomic E-state index is 12.4. The highest BCUT2D eigenvalue weighted by atomic mass is 35.5. The molecule has 2 rings (SSSR count). The van der Waals surface area contributed by atoms with E-state index < -0.39 is 10.0 Å². The minimum Gasteiger partial charge on any atom is -0.279 e. The number of anilines is 1. The van der Waals surface area contributed by atoms with Crippen molar-refractivity contribution in [3.63, 3.8) is 0 Å². The number of rotatable bonds is 6. The van der Waals surface area contributed by atoms with Crippen molar-refractivity contribution in [3.8, 4) is 0 Å². The van der Waals surface area contributed by atoms with Crippen LogP contribution >= 0.6 is 23.2 Å². The molecule has 0 heterocycles. The molecule has 2 aromatic carbocycles. The number of sulfonamides is 1. The lowest BCUT2D eigenvalue weighted by atomic mass is 10.1. The van der Waals surface area contributed by atoms with Crippen molar-refractivity contribution in [1.29, 1.82) is 0 Å². The first-order valence-corrected chi connectivity index (χ1v) is 9.26. The van der Waals surface area contributed by atoms with Gasteiger partial charge in [-0.2, -0.15) is 0 Å². The first kappa shape index (κ1) is 17.1. The van der Waals surface area contributed by atoms with Gasteiger partial charge in [-0.1, -0.05) is 23.7 Å². The Morgan fingerprint density at radius 1 is 1.09 bits per heavy atom. The van der Waals surface area contributed by atoms with Crippen LogP contribution in [0, 0.1) is 6.92 Å². The summed E-state index contributed by atoms with van der Waals surface area (Å²) < 4.78 is 27.4. The Bertz CT molecular complexity index is 743. The molecule has 6 heteroatoms. The zero-order chi connectivity index (χ0) is 16.2. The van der Waals surface area contributed by atoms with E-state index in [0.717, 1.165) is 24.0 Å². The van der Waals surface area contributed by atoms with Gasteiger partial charge in [0.05, 0.1) is 10.6 Å². The highest BCUT2D eigenvalue weighted by Gasteiger charge is 2.15. The average Bonchev–Trinajstić information content (AvgIpc) is 2.48. The summed E-state index contributed by atoms with van der Waals surface area (Å²) in [7, 11) is -3.61. The summed E-state index contributed by atoms with van der Waals surface area (Å²) in [5.74, 6) is 0.595. The molecule has 0 aliphatic heterocycles. The molecule has 1 N–H and O–H groups in total. The SMILES string of the molecule is Cc1cc(Cl)ccc1NS(=O)(=O)c1ccc(CCCCl)cc1. The van der Waals surface area contributed by atoms with Crippen LogP contribution in [0.5, 0.6) is 0 Å². The van der Waals surface area contributed by atoms with E-state index in [0.29, 0.717) is 16.6 Å². The lowest BCUT2D eigenvalue weighted by Crippen LogP contribution is -2.13. The van der Waals surface area contributed by atoms with Gasteiger partial charge in [-0.15, -0.1) is 11.6 Å². The van der Waals surface area contributed by atoms with Gasteiger partial charge in [-0.3, -0.25) is 4.72 Å². The molecule has 22 heavy (non-hydrogen) atoms. The van der Waals surface area contributed by atoms with Crippen molar-refractivity contribution < 1.29 is 8.42 Å². The standard InChI is InChI=1S/C16H17Cl2NO2S/c1-12-11-14(18)6-9-16(12)19-22(20,21)15-7-4-13(5-8-15)3-2-10-17/h4-9,11,19H,2-3,10H2,1H3. The van der Waals surface area contributed by atoms with Gasteiger partial charge in [0, 0.05) is 10.9 Å². The fourth-order valence-electron chi connectivity index (χ4n) is 2.05. The predicted molar refractivity (Wildman–Crippen MR) is 92.5 cm³/mol. The third-order valence-corrected chi connectivity index (χ3v) is 5.15. The van der Waals surface area contributed by atoms with Gasteiger partial charge in [0.15, 0.2) is 0 Å². The Hall–Kier alpha value is -1.23. The molecule has 0 spiro atoms. The van der Waals surface area contributed by atoms with Crippen molar-refractivity contribution in [2.24, 2.45) is 0 Å². The largest absolute Gasteiger partial charge is 0.279 e. The minimum atomic E-state index is -3.61. The van der Waals surface area contributed by atoms with Gasteiger partial charge in [0.25, 0.3) is 10.0 Å². The molecule has 0 radical (unpaired) electrons. The van der Waals surface area contributed by atoms with Crippen LogP contribution in [0.15, 0.2) is 47.4 Å². The molecule has 0 bridgehead atoms. The summed E-state index contributed by atoms with van der Waals surface area (Å²) in [6, 6.07) is 11.9. The Morgan fingerprint density at radius 3 is 2.36 bits per heavy atom. The molecule has 0 atom stereocenters. The van der Waals surface area contributed by atoms with Crippen LogP contribution in [-0.4, -0.2) is 14.3 Å². The Balaban J connectivity index is 2.19. The second-order valence-electron chi connectivity index (χ2n) is 5.00. The van der Waals surface area contributed by atoms with E-state index in [2.05, 4.69) is 4.72 Å². The van der Waals surface area contributed by atoms with Crippen molar-refractivity contribution in [2.45, 2.75) is 24.7 Å². The molecule has 118 valence electrons. The van der Waals surface area contributed by atoms with E-state index >= 15 is 0 Å². The fourth-order valence-corrected chi connectivity index (χ4v) is 3.54. The zero-order valence-electron chi connectivity index (χ0n) is 12.1. The summed E-state index contributed by atoms with van der Waals surface area (Å²) in [6.45, 7) is 1.80. The smallest absolute Gasteiger partial charge is 0.261 e. The maximum absolute atomic E-state index is 12.4. The normalized spacial score (nSPS) is 11.4. The molecule has 0 aromatic heterocycles. The quantitative estimate of drug-likeness (QED) is 0.766. The van der Waals surface area contributed by atoms with Crippen molar-refractivity contribution in [3.05, 3.63) is 58.6 Å². The van der Waals surface area contributed by atoms with Crippen LogP contribution in [0.2, 0.25) is 5.02 Å². The van der Waals surface area contributed by atoms with Crippen molar-refractivity contribution >= 4 is 38.9 Å². The van der Waals surface area contributed by atoms with Gasteiger partial charge < -0.3 is 0 Å². The summed E-state index contributed by atoms with van der Waals surface area (Å²) >= 11 is 11.5. The maximum Gasteiger partial charge on any atom is 0.261 e. The number of benzene rings is 2. The summed E-state index contributed by atoms with van der Waals surface area (Å²) in [5.41, 5.74) is 2.37. The third kappa shape index (κ3) is 4.38. The first-order valence-electron chi connectivity index (χ1n) is 6.86. The molecular formula is C16H17Cl2NO2S. The molecule has 0 saturated carbocycles. The molecule has 0 fully saturated rings. The van der Waals surface area contributed by atoms with E-state index in [1.165, 1.54) is 0 Å². The molecule has 0 aliphatic rings. The molecule has 3 nitrogen and oxygen atoms in total. The number of nitrogens with one attached hydrogen (secondary N) is 1. The Labute approximate surface area is 141 Å². The number of hydrogen-bond acceptors (Lipinski definition) is 2. The van der Waals surface area contributed by atoms with Crippen LogP contribution in [0.1, 0.15) is 17.5 Å². The first-order chi connectivity index (χ1) is 10.4. The second kappa shape index (κ2) is 7.36. The van der Waals surface area contributed by atoms with Gasteiger partial charge in [-0.25, -0.2) is 8.42 Å². The summed E-state index contributed by atoms with van der Waals surface area (Å²) in [6.07, 6.45) is 1.71. The predicted octanol–water partition coefficient (Wildman–Crippen LogP) is 4.62. The highest BCUT2D eigenvalue weighted by Crippen LogP contribution is 2.23. The number of aryl methyl sites for hydroxylation is 2. The topological polar surface area (TPSA) is 46.2 Å². The van der Waals surface area contributed by atoms with E-state index in [-0.39, 0.29) is 4.90 Å². The van der Waals surface area contributed by atoms with Gasteiger partial charge in [0.2, 0.25) is 0 Å². The van der Waals surface area contributed by atoms with Crippen LogP contribution in [0.4, 0.5) is 5.69 Å². The summed E-state index contributed by atoms with van der Waals surface area (Å²) in [4.78, 5) is 0.233. The van der Waals surface area contributed by atoms with Gasteiger partial charge >= 0.3 is 0 Å². The van der Waals surface area contributed by atoms with E-state index in [4.69, 9.17) is 23.2 Å². The Morgan fingerprint density at radius 2 is 1.77 bits per heavy atom. The number of hydrogen-bond donors (Lipinski definition) is 1. The minimum absolute atomic E-state index is 0.233. The molecular weight excluding hydrogens is 341 g/mol. The molecule has 0 saturated heterocycles. The number of halogens is 2. The third-order valence-electron chi connectivity index (χ3n) is 3.27. The molecule has 2 aromatic rings. The van der Waals surface area contributed by atoms with Crippen LogP contribution < -0.4 is 4.72 Å². The highest BCUT2D eigenvalue weighted by molar-refractivity contribution is 7.92. The fraction of sp³-hybridized carbons (Fsp3) is 0.250. The Kier molecular flexibility index (Phi) is 5.73. The lowest BCUT2D eigenvalue weighted by molar-refractivity contribution is 0.601.